The van der Waals surface area contributed by atoms with Gasteiger partial charge in [0.2, 0.25) is 0 Å². The van der Waals surface area contributed by atoms with E-state index in [-0.39, 0.29) is 12.5 Å². The number of benzene rings is 1. The Morgan fingerprint density at radius 3 is 3.08 bits per heavy atom. The zero-order valence-electron chi connectivity index (χ0n) is 13.3. The van der Waals surface area contributed by atoms with Crippen LogP contribution in [0.4, 0.5) is 5.82 Å². The van der Waals surface area contributed by atoms with E-state index in [0.29, 0.717) is 5.75 Å². The lowest BCUT2D eigenvalue weighted by Crippen LogP contribution is -2.37. The first-order valence-electron chi connectivity index (χ1n) is 7.67. The number of piperidine rings is 1. The highest BCUT2D eigenvalue weighted by Gasteiger charge is 2.25. The Morgan fingerprint density at radius 2 is 2.29 bits per heavy atom. The van der Waals surface area contributed by atoms with Crippen molar-refractivity contribution in [2.45, 2.75) is 12.8 Å². The summed E-state index contributed by atoms with van der Waals surface area (Å²) in [6.07, 6.45) is 3.49. The third-order valence-electron chi connectivity index (χ3n) is 4.07. The molecule has 2 atom stereocenters. The largest absolute Gasteiger partial charge is 0.725 e. The van der Waals surface area contributed by atoms with Gasteiger partial charge < -0.3 is 9.64 Å². The van der Waals surface area contributed by atoms with Gasteiger partial charge in [-0.15, -0.1) is 4.89 Å². The molecule has 1 saturated heterocycles. The van der Waals surface area contributed by atoms with Crippen molar-refractivity contribution in [3.8, 4) is 5.75 Å². The lowest BCUT2D eigenvalue weighted by molar-refractivity contribution is -0.217. The molecule has 128 valence electrons. The first-order valence-corrected chi connectivity index (χ1v) is 8.80. The maximum absolute atomic E-state index is 10.5. The van der Waals surface area contributed by atoms with Crippen LogP contribution in [0, 0.1) is 5.92 Å². The fourth-order valence-electron chi connectivity index (χ4n) is 3.03. The highest BCUT2D eigenvalue weighted by atomic mass is 31.1. The Bertz CT molecular complexity index is 729. The number of hydrogen-bond acceptors (Lipinski definition) is 7. The summed E-state index contributed by atoms with van der Waals surface area (Å²) in [6, 6.07) is 5.77. The normalized spacial score (nSPS) is 18.7. The molecule has 1 aromatic carbocycles. The Labute approximate surface area is 140 Å². The maximum atomic E-state index is 10.5. The predicted molar refractivity (Wildman–Crippen MR) is 87.9 cm³/mol. The van der Waals surface area contributed by atoms with E-state index < -0.39 is 8.25 Å². The van der Waals surface area contributed by atoms with E-state index in [2.05, 4.69) is 19.5 Å². The van der Waals surface area contributed by atoms with Gasteiger partial charge in [0.15, 0.2) is 0 Å². The van der Waals surface area contributed by atoms with Crippen molar-refractivity contribution in [2.75, 3.05) is 31.7 Å². The van der Waals surface area contributed by atoms with Crippen molar-refractivity contribution in [1.29, 1.82) is 0 Å². The number of ether oxygens (including phenoxy) is 1. The number of methoxy groups -OCH3 is 1. The van der Waals surface area contributed by atoms with E-state index in [0.717, 1.165) is 42.7 Å². The minimum atomic E-state index is -2.73. The van der Waals surface area contributed by atoms with Crippen molar-refractivity contribution in [3.05, 3.63) is 24.5 Å². The molecule has 3 rings (SSSR count). The Balaban J connectivity index is 1.78. The number of fused-ring (bicyclic) bond motifs is 1. The molecule has 0 aliphatic carbocycles. The molecule has 0 bridgehead atoms. The summed E-state index contributed by atoms with van der Waals surface area (Å²) in [5, 5.41) is 0.938. The molecule has 1 aliphatic heterocycles. The Morgan fingerprint density at radius 1 is 1.42 bits per heavy atom. The quantitative estimate of drug-likeness (QED) is 0.481. The van der Waals surface area contributed by atoms with Gasteiger partial charge >= 0.3 is 8.25 Å². The molecule has 0 spiro atoms. The van der Waals surface area contributed by atoms with Crippen LogP contribution in [-0.4, -0.2) is 41.7 Å². The van der Waals surface area contributed by atoms with Crippen LogP contribution in [0.3, 0.4) is 0 Å². The van der Waals surface area contributed by atoms with E-state index in [1.54, 1.807) is 13.4 Å². The molecule has 1 aromatic heterocycles. The van der Waals surface area contributed by atoms with Gasteiger partial charge in [0, 0.05) is 29.0 Å². The number of rotatable bonds is 6. The van der Waals surface area contributed by atoms with Crippen LogP contribution in [-0.2, 0) is 14.1 Å². The second-order valence-electron chi connectivity index (χ2n) is 5.60. The molecule has 8 nitrogen and oxygen atoms in total. The summed E-state index contributed by atoms with van der Waals surface area (Å²) in [6.45, 7) is 1.88. The van der Waals surface area contributed by atoms with E-state index in [1.165, 1.54) is 0 Å². The van der Waals surface area contributed by atoms with Crippen LogP contribution in [0.5, 0.6) is 5.75 Å². The minimum Gasteiger partial charge on any atom is -0.494 e. The molecule has 24 heavy (non-hydrogen) atoms. The third kappa shape index (κ3) is 3.79. The van der Waals surface area contributed by atoms with Crippen molar-refractivity contribution in [3.63, 3.8) is 0 Å². The SMILES string of the molecule is COc1cccc2c(N3CCCC(COO[P+](=O)O)C3)ncnc12. The van der Waals surface area contributed by atoms with Gasteiger partial charge in [0.25, 0.3) is 0 Å². The Hall–Kier alpha value is -1.86. The molecular weight excluding hydrogens is 333 g/mol. The van der Waals surface area contributed by atoms with E-state index in [9.17, 15) is 4.57 Å². The Kier molecular flexibility index (Phi) is 5.52. The lowest BCUT2D eigenvalue weighted by atomic mass is 9.99. The monoisotopic (exact) mass is 352 g/mol. The molecule has 2 aromatic rings. The number of para-hydroxylation sites is 1. The van der Waals surface area contributed by atoms with Gasteiger partial charge in [-0.05, 0) is 25.0 Å². The highest BCUT2D eigenvalue weighted by Crippen LogP contribution is 2.31. The maximum Gasteiger partial charge on any atom is 0.725 e. The molecule has 0 amide bonds. The van der Waals surface area contributed by atoms with Crippen LogP contribution in [0.25, 0.3) is 10.9 Å². The van der Waals surface area contributed by atoms with Crippen LogP contribution in [0.1, 0.15) is 12.8 Å². The number of aromatic nitrogens is 2. The van der Waals surface area contributed by atoms with Gasteiger partial charge in [-0.25, -0.2) is 9.97 Å². The van der Waals surface area contributed by atoms with Crippen molar-refractivity contribution in [1.82, 2.24) is 9.97 Å². The second kappa shape index (κ2) is 7.81. The van der Waals surface area contributed by atoms with Crippen molar-refractivity contribution >= 4 is 25.0 Å². The fraction of sp³-hybridized carbons (Fsp3) is 0.467. The first kappa shape index (κ1) is 17.0. The fourth-order valence-corrected chi connectivity index (χ4v) is 3.18. The molecule has 1 aliphatic rings. The second-order valence-corrected chi connectivity index (χ2v) is 6.23. The summed E-state index contributed by atoms with van der Waals surface area (Å²) in [5.74, 6) is 1.77. The summed E-state index contributed by atoms with van der Waals surface area (Å²) in [5.41, 5.74) is 0.781. The molecule has 1 fully saturated rings. The first-order chi connectivity index (χ1) is 11.7. The third-order valence-corrected chi connectivity index (χ3v) is 4.30. The molecule has 1 N–H and O–H groups in total. The van der Waals surface area contributed by atoms with E-state index >= 15 is 0 Å². The summed E-state index contributed by atoms with van der Waals surface area (Å²) >= 11 is 0. The highest BCUT2D eigenvalue weighted by molar-refractivity contribution is 7.31. The summed E-state index contributed by atoms with van der Waals surface area (Å²) < 4.78 is 20.2. The number of hydrogen-bond donors (Lipinski definition) is 1. The molecule has 0 saturated carbocycles. The average molecular weight is 352 g/mol. The van der Waals surface area contributed by atoms with Gasteiger partial charge in [-0.1, -0.05) is 6.07 Å². The van der Waals surface area contributed by atoms with E-state index in [4.69, 9.17) is 14.5 Å². The van der Waals surface area contributed by atoms with E-state index in [1.807, 2.05) is 18.2 Å². The van der Waals surface area contributed by atoms with Gasteiger partial charge in [-0.3, -0.25) is 0 Å². The zero-order valence-corrected chi connectivity index (χ0v) is 14.2. The lowest BCUT2D eigenvalue weighted by Gasteiger charge is -2.33. The summed E-state index contributed by atoms with van der Waals surface area (Å²) in [7, 11) is -1.11. The van der Waals surface area contributed by atoms with Crippen molar-refractivity contribution < 1.29 is 23.8 Å². The van der Waals surface area contributed by atoms with Gasteiger partial charge in [-0.2, -0.15) is 4.89 Å². The van der Waals surface area contributed by atoms with Crippen LogP contribution in [0.15, 0.2) is 24.5 Å². The minimum absolute atomic E-state index is 0.198. The molecule has 2 heterocycles. The molecular formula is C15H19N3O5P+. The smallest absolute Gasteiger partial charge is 0.494 e. The molecule has 0 radical (unpaired) electrons. The van der Waals surface area contributed by atoms with Gasteiger partial charge in [0.05, 0.1) is 18.4 Å². The predicted octanol–water partition coefficient (Wildman–Crippen LogP) is 2.45. The zero-order chi connectivity index (χ0) is 16.9. The molecule has 2 unspecified atom stereocenters. The standard InChI is InChI=1S/C15H18N3O5P/c1-21-13-6-2-5-12-14(13)16-10-17-15(12)18-7-3-4-11(8-18)9-22-23-24(19)20/h2,5-6,10-11H,3-4,7-9H2,1H3/p+1. The van der Waals surface area contributed by atoms with Crippen LogP contribution in [0.2, 0.25) is 0 Å². The number of anilines is 1. The van der Waals surface area contributed by atoms with Gasteiger partial charge in [0.1, 0.15) is 23.4 Å². The molecule has 9 heteroatoms. The van der Waals surface area contributed by atoms with Crippen molar-refractivity contribution in [2.24, 2.45) is 5.92 Å². The van der Waals surface area contributed by atoms with Crippen LogP contribution >= 0.6 is 8.25 Å². The average Bonchev–Trinajstić information content (AvgIpc) is 2.60. The summed E-state index contributed by atoms with van der Waals surface area (Å²) in [4.78, 5) is 24.4. The topological polar surface area (TPSA) is 94.0 Å². The van der Waals surface area contributed by atoms with Crippen LogP contribution < -0.4 is 9.64 Å². The number of nitrogens with zero attached hydrogens (tertiary/aromatic N) is 3.